The molecule has 2 aromatic carbocycles. The molecule has 0 amide bonds. The lowest BCUT2D eigenvalue weighted by Gasteiger charge is -2.14. The average molecular weight is 502 g/mol. The van der Waals surface area contributed by atoms with Gasteiger partial charge in [0.1, 0.15) is 11.2 Å². The summed E-state index contributed by atoms with van der Waals surface area (Å²) in [4.78, 5) is 17.5. The van der Waals surface area contributed by atoms with Crippen LogP contribution in [0.1, 0.15) is 22.6 Å². The van der Waals surface area contributed by atoms with Crippen molar-refractivity contribution in [2.24, 2.45) is 0 Å². The molecule has 0 radical (unpaired) electrons. The van der Waals surface area contributed by atoms with Gasteiger partial charge in [0.25, 0.3) is 0 Å². The number of hydrogen-bond acceptors (Lipinski definition) is 5. The maximum absolute atomic E-state index is 6.31. The second-order valence-corrected chi connectivity index (χ2v) is 10.0. The molecule has 6 nitrogen and oxygen atoms in total. The third kappa shape index (κ3) is 2.80. The van der Waals surface area contributed by atoms with E-state index in [-0.39, 0.29) is 5.92 Å². The van der Waals surface area contributed by atoms with Crippen molar-refractivity contribution in [3.8, 4) is 16.8 Å². The van der Waals surface area contributed by atoms with Crippen LogP contribution >= 0.6 is 0 Å². The van der Waals surface area contributed by atoms with E-state index in [1.165, 1.54) is 16.7 Å². The normalized spacial score (nSPS) is 13.0. The lowest BCUT2D eigenvalue weighted by atomic mass is 9.89. The number of fused-ring (bicyclic) bond motifs is 9. The minimum Gasteiger partial charge on any atom is -0.456 e. The smallest absolute Gasteiger partial charge is 0.135 e. The van der Waals surface area contributed by atoms with Gasteiger partial charge >= 0.3 is 0 Å². The topological polar surface area (TPSA) is 69.6 Å². The highest BCUT2D eigenvalue weighted by atomic mass is 16.3. The largest absolute Gasteiger partial charge is 0.456 e. The standard InChI is InChI=1S/C33H19N5O/c1-3-31-23(13-19(1)33-21-5-9-34-15-25(21)26-16-35-10-6-22(26)33)24-14-20(2-4-32(24)39-31)38-29-7-11-36-17-27(29)28-18-37-12-8-30(28)38/h1-18,33H. The summed E-state index contributed by atoms with van der Waals surface area (Å²) in [5, 5.41) is 4.36. The van der Waals surface area contributed by atoms with E-state index in [1.807, 2.05) is 49.6 Å². The van der Waals surface area contributed by atoms with Gasteiger partial charge in [-0.2, -0.15) is 0 Å². The van der Waals surface area contributed by atoms with Crippen molar-refractivity contribution in [3.05, 3.63) is 127 Å². The first-order valence-electron chi connectivity index (χ1n) is 12.9. The zero-order valence-corrected chi connectivity index (χ0v) is 20.6. The number of hydrogen-bond donors (Lipinski definition) is 0. The predicted molar refractivity (Wildman–Crippen MR) is 152 cm³/mol. The molecule has 0 spiro atoms. The van der Waals surface area contributed by atoms with Crippen LogP contribution in [-0.4, -0.2) is 24.5 Å². The summed E-state index contributed by atoms with van der Waals surface area (Å²) >= 11 is 0. The number of pyridine rings is 4. The minimum absolute atomic E-state index is 0.121. The Hall–Kier alpha value is -5.36. The molecule has 182 valence electrons. The van der Waals surface area contributed by atoms with Crippen molar-refractivity contribution in [3.63, 3.8) is 0 Å². The Morgan fingerprint density at radius 1 is 0.538 bits per heavy atom. The second-order valence-electron chi connectivity index (χ2n) is 10.0. The summed E-state index contributed by atoms with van der Waals surface area (Å²) in [5.74, 6) is 0.121. The van der Waals surface area contributed by atoms with Crippen LogP contribution in [0.15, 0.2) is 115 Å². The Kier molecular flexibility index (Phi) is 4.02. The van der Waals surface area contributed by atoms with Crippen molar-refractivity contribution >= 4 is 43.7 Å². The Balaban J connectivity index is 1.28. The van der Waals surface area contributed by atoms with Gasteiger partial charge in [-0.3, -0.25) is 19.9 Å². The highest BCUT2D eigenvalue weighted by Crippen LogP contribution is 2.48. The minimum atomic E-state index is 0.121. The van der Waals surface area contributed by atoms with Crippen LogP contribution in [0.3, 0.4) is 0 Å². The van der Waals surface area contributed by atoms with E-state index >= 15 is 0 Å². The SMILES string of the molecule is c1cc2c(cn1)-c1cnccc1C2c1ccc2oc3ccc(-n4c5ccncc5c5cnccc54)cc3c2c1. The Morgan fingerprint density at radius 2 is 1.10 bits per heavy atom. The fraction of sp³-hybridized carbons (Fsp3) is 0.0303. The molecule has 0 bridgehead atoms. The van der Waals surface area contributed by atoms with Gasteiger partial charge in [-0.05, 0) is 71.3 Å². The average Bonchev–Trinajstić information content (AvgIpc) is 3.64. The number of aromatic nitrogens is 5. The maximum Gasteiger partial charge on any atom is 0.135 e. The van der Waals surface area contributed by atoms with Gasteiger partial charge in [0.05, 0.1) is 11.0 Å². The second kappa shape index (κ2) is 7.58. The molecular formula is C33H19N5O. The van der Waals surface area contributed by atoms with E-state index in [9.17, 15) is 0 Å². The van der Waals surface area contributed by atoms with Crippen molar-refractivity contribution < 1.29 is 4.42 Å². The molecule has 0 N–H and O–H groups in total. The van der Waals surface area contributed by atoms with Gasteiger partial charge in [0.15, 0.2) is 0 Å². The lowest BCUT2D eigenvalue weighted by Crippen LogP contribution is -1.99. The van der Waals surface area contributed by atoms with Gasteiger partial charge in [0, 0.05) is 93.9 Å². The van der Waals surface area contributed by atoms with Crippen molar-refractivity contribution in [1.29, 1.82) is 0 Å². The van der Waals surface area contributed by atoms with Gasteiger partial charge in [-0.25, -0.2) is 0 Å². The molecule has 0 unspecified atom stereocenters. The van der Waals surface area contributed by atoms with Crippen molar-refractivity contribution in [1.82, 2.24) is 24.5 Å². The highest BCUT2D eigenvalue weighted by molar-refractivity contribution is 6.10. The molecule has 0 aliphatic heterocycles. The molecule has 0 saturated heterocycles. The van der Waals surface area contributed by atoms with Gasteiger partial charge in [0.2, 0.25) is 0 Å². The van der Waals surface area contributed by atoms with Crippen LogP contribution in [0.4, 0.5) is 0 Å². The Labute approximate surface area is 222 Å². The van der Waals surface area contributed by atoms with Crippen LogP contribution in [0.5, 0.6) is 0 Å². The number of rotatable bonds is 2. The lowest BCUT2D eigenvalue weighted by molar-refractivity contribution is 0.668. The summed E-state index contributed by atoms with van der Waals surface area (Å²) in [5.41, 5.74) is 11.1. The Morgan fingerprint density at radius 3 is 1.77 bits per heavy atom. The predicted octanol–water partition coefficient (Wildman–Crippen LogP) is 7.42. The number of nitrogens with zero attached hydrogens (tertiary/aromatic N) is 5. The molecular weight excluding hydrogens is 482 g/mol. The monoisotopic (exact) mass is 501 g/mol. The zero-order chi connectivity index (χ0) is 25.5. The summed E-state index contributed by atoms with van der Waals surface area (Å²) in [6, 6.07) is 21.4. The fourth-order valence-corrected chi connectivity index (χ4v) is 6.38. The zero-order valence-electron chi connectivity index (χ0n) is 20.6. The van der Waals surface area contributed by atoms with Crippen LogP contribution in [0.2, 0.25) is 0 Å². The van der Waals surface area contributed by atoms with Gasteiger partial charge < -0.3 is 8.98 Å². The summed E-state index contributed by atoms with van der Waals surface area (Å²) in [6.45, 7) is 0. The third-order valence-corrected chi connectivity index (χ3v) is 8.06. The molecule has 0 saturated carbocycles. The number of benzene rings is 2. The van der Waals surface area contributed by atoms with Crippen LogP contribution in [0.25, 0.3) is 60.6 Å². The molecule has 9 rings (SSSR count). The van der Waals surface area contributed by atoms with Crippen LogP contribution in [0, 0.1) is 0 Å². The molecule has 0 fully saturated rings. The van der Waals surface area contributed by atoms with Gasteiger partial charge in [-0.15, -0.1) is 0 Å². The molecule has 6 aromatic heterocycles. The summed E-state index contributed by atoms with van der Waals surface area (Å²) in [7, 11) is 0. The summed E-state index contributed by atoms with van der Waals surface area (Å²) < 4.78 is 8.58. The van der Waals surface area contributed by atoms with E-state index in [2.05, 4.69) is 85.2 Å². The molecule has 6 heterocycles. The van der Waals surface area contributed by atoms with E-state index in [0.717, 1.165) is 60.6 Å². The first-order chi connectivity index (χ1) is 19.3. The number of furan rings is 1. The van der Waals surface area contributed by atoms with Crippen molar-refractivity contribution in [2.75, 3.05) is 0 Å². The molecule has 1 aliphatic rings. The molecule has 39 heavy (non-hydrogen) atoms. The van der Waals surface area contributed by atoms with E-state index < -0.39 is 0 Å². The summed E-state index contributed by atoms with van der Waals surface area (Å²) in [6.07, 6.45) is 15.2. The quantitative estimate of drug-likeness (QED) is 0.246. The maximum atomic E-state index is 6.31. The highest BCUT2D eigenvalue weighted by Gasteiger charge is 2.30. The first-order valence-corrected chi connectivity index (χ1v) is 12.9. The van der Waals surface area contributed by atoms with E-state index in [0.29, 0.717) is 0 Å². The molecule has 0 atom stereocenters. The van der Waals surface area contributed by atoms with Crippen molar-refractivity contribution in [2.45, 2.75) is 5.92 Å². The molecule has 8 aromatic rings. The molecule has 1 aliphatic carbocycles. The van der Waals surface area contributed by atoms with Gasteiger partial charge in [-0.1, -0.05) is 6.07 Å². The van der Waals surface area contributed by atoms with Crippen LogP contribution in [-0.2, 0) is 0 Å². The Bertz CT molecular complexity index is 2160. The van der Waals surface area contributed by atoms with E-state index in [1.54, 1.807) is 0 Å². The fourth-order valence-electron chi connectivity index (χ4n) is 6.38. The first kappa shape index (κ1) is 20.7. The molecule has 6 heteroatoms. The van der Waals surface area contributed by atoms with Crippen LogP contribution < -0.4 is 0 Å². The third-order valence-electron chi connectivity index (χ3n) is 8.06. The van der Waals surface area contributed by atoms with E-state index in [4.69, 9.17) is 4.42 Å².